The van der Waals surface area contributed by atoms with E-state index in [9.17, 15) is 14.4 Å². The Morgan fingerprint density at radius 3 is 2.71 bits per heavy atom. The summed E-state index contributed by atoms with van der Waals surface area (Å²) in [7, 11) is 0. The molecule has 11 atom stereocenters. The van der Waals surface area contributed by atoms with Gasteiger partial charge in [0.2, 0.25) is 0 Å². The molecule has 2 aliphatic heterocycles. The van der Waals surface area contributed by atoms with Gasteiger partial charge in [-0.15, -0.1) is 0 Å². The van der Waals surface area contributed by atoms with Crippen LogP contribution in [0.1, 0.15) is 45.4 Å². The SMILES string of the molecule is CC1(OC(=O)C2C3CC4C(OC(=O)C42)C3OC(=O)CN2CCOCC2)CC2CC1C1CCCC21. The average molecular weight is 474 g/mol. The van der Waals surface area contributed by atoms with E-state index in [1.165, 1.54) is 25.7 Å². The highest BCUT2D eigenvalue weighted by atomic mass is 16.6. The van der Waals surface area contributed by atoms with Crippen LogP contribution in [-0.4, -0.2) is 73.5 Å². The molecule has 7 fully saturated rings. The lowest BCUT2D eigenvalue weighted by molar-refractivity contribution is -0.180. The first-order valence-corrected chi connectivity index (χ1v) is 13.4. The zero-order valence-electron chi connectivity index (χ0n) is 19.9. The van der Waals surface area contributed by atoms with E-state index in [0.29, 0.717) is 50.5 Å². The maximum Gasteiger partial charge on any atom is 0.320 e. The minimum atomic E-state index is -0.562. The minimum absolute atomic E-state index is 0.0525. The lowest BCUT2D eigenvalue weighted by Crippen LogP contribution is -2.49. The van der Waals surface area contributed by atoms with Gasteiger partial charge in [-0.3, -0.25) is 19.3 Å². The Labute approximate surface area is 200 Å². The molecular formula is C26H35NO7. The molecule has 0 radical (unpaired) electrons. The number of carbonyl (C=O) groups excluding carboxylic acids is 3. The Bertz CT molecular complexity index is 902. The second kappa shape index (κ2) is 7.66. The smallest absolute Gasteiger partial charge is 0.320 e. The van der Waals surface area contributed by atoms with E-state index in [-0.39, 0.29) is 36.3 Å². The normalized spacial score (nSPS) is 50.4. The predicted octanol–water partition coefficient (Wildman–Crippen LogP) is 1.80. The molecule has 0 aromatic carbocycles. The van der Waals surface area contributed by atoms with Crippen molar-refractivity contribution in [1.29, 1.82) is 0 Å². The Morgan fingerprint density at radius 1 is 1.09 bits per heavy atom. The highest BCUT2D eigenvalue weighted by Gasteiger charge is 2.71. The van der Waals surface area contributed by atoms with Crippen molar-refractivity contribution >= 4 is 17.9 Å². The molecule has 8 heteroatoms. The van der Waals surface area contributed by atoms with Crippen LogP contribution in [0, 0.1) is 47.3 Å². The van der Waals surface area contributed by atoms with Crippen LogP contribution in [0.3, 0.4) is 0 Å². The first-order valence-electron chi connectivity index (χ1n) is 13.4. The minimum Gasteiger partial charge on any atom is -0.459 e. The lowest BCUT2D eigenvalue weighted by atomic mass is 9.73. The van der Waals surface area contributed by atoms with Crippen molar-refractivity contribution in [3.63, 3.8) is 0 Å². The van der Waals surface area contributed by atoms with Crippen molar-refractivity contribution in [2.45, 2.75) is 63.3 Å². The molecule has 8 nitrogen and oxygen atoms in total. The molecule has 2 heterocycles. The first-order chi connectivity index (χ1) is 16.4. The van der Waals surface area contributed by atoms with Crippen LogP contribution < -0.4 is 0 Å². The molecule has 34 heavy (non-hydrogen) atoms. The summed E-state index contributed by atoms with van der Waals surface area (Å²) in [5.41, 5.74) is -0.431. The third-order valence-electron chi connectivity index (χ3n) is 10.6. The molecule has 0 amide bonds. The highest BCUT2D eigenvalue weighted by molar-refractivity contribution is 5.86. The number of hydrogen-bond donors (Lipinski definition) is 0. The van der Waals surface area contributed by atoms with Gasteiger partial charge in [0.1, 0.15) is 17.8 Å². The van der Waals surface area contributed by atoms with Crippen LogP contribution >= 0.6 is 0 Å². The van der Waals surface area contributed by atoms with E-state index in [2.05, 4.69) is 6.92 Å². The number of fused-ring (bicyclic) bond motifs is 6. The zero-order chi connectivity index (χ0) is 23.2. The fourth-order valence-corrected chi connectivity index (χ4v) is 9.40. The summed E-state index contributed by atoms with van der Waals surface area (Å²) in [6.07, 6.45) is 5.71. The third kappa shape index (κ3) is 3.06. The molecule has 5 saturated carbocycles. The van der Waals surface area contributed by atoms with Crippen molar-refractivity contribution in [3.8, 4) is 0 Å². The van der Waals surface area contributed by atoms with Crippen LogP contribution in [-0.2, 0) is 33.3 Å². The molecule has 4 bridgehead atoms. The quantitative estimate of drug-likeness (QED) is 0.441. The summed E-state index contributed by atoms with van der Waals surface area (Å²) in [5, 5.41) is 0. The molecule has 5 aliphatic carbocycles. The Morgan fingerprint density at radius 2 is 1.88 bits per heavy atom. The van der Waals surface area contributed by atoms with Gasteiger partial charge in [-0.1, -0.05) is 6.42 Å². The third-order valence-corrected chi connectivity index (χ3v) is 10.6. The molecule has 11 unspecified atom stereocenters. The first kappa shape index (κ1) is 21.6. The number of carbonyl (C=O) groups is 3. The van der Waals surface area contributed by atoms with Gasteiger partial charge in [0.15, 0.2) is 0 Å². The predicted molar refractivity (Wildman–Crippen MR) is 117 cm³/mol. The second-order valence-corrected chi connectivity index (χ2v) is 12.2. The van der Waals surface area contributed by atoms with Gasteiger partial charge in [0, 0.05) is 30.8 Å². The Balaban J connectivity index is 1.06. The molecule has 0 spiro atoms. The molecule has 0 aromatic rings. The van der Waals surface area contributed by atoms with Crippen LogP contribution in [0.5, 0.6) is 0 Å². The van der Waals surface area contributed by atoms with Gasteiger partial charge in [0.05, 0.1) is 31.6 Å². The number of morpholine rings is 1. The van der Waals surface area contributed by atoms with Gasteiger partial charge < -0.3 is 18.9 Å². The standard InChI is InChI=1S/C26H35NO7/c1-26(11-13-9-18(26)15-4-2-3-14(13)15)34-25(30)21-17-10-16-20(21)24(29)33-23(16)22(17)32-19(28)12-27-5-7-31-8-6-27/h13-18,20-23H,2-12H2,1H3. The summed E-state index contributed by atoms with van der Waals surface area (Å²) in [5.74, 6) is 0.449. The summed E-state index contributed by atoms with van der Waals surface area (Å²) < 4.78 is 23.3. The number of ether oxygens (including phenoxy) is 4. The van der Waals surface area contributed by atoms with Crippen molar-refractivity contribution < 1.29 is 33.3 Å². The number of rotatable bonds is 5. The summed E-state index contributed by atoms with van der Waals surface area (Å²) in [6, 6.07) is 0. The fourth-order valence-electron chi connectivity index (χ4n) is 9.40. The second-order valence-electron chi connectivity index (χ2n) is 12.2. The van der Waals surface area contributed by atoms with Crippen molar-refractivity contribution in [3.05, 3.63) is 0 Å². The summed E-state index contributed by atoms with van der Waals surface area (Å²) >= 11 is 0. The molecule has 7 aliphatic rings. The van der Waals surface area contributed by atoms with Gasteiger partial charge in [0.25, 0.3) is 0 Å². The van der Waals surface area contributed by atoms with Gasteiger partial charge in [-0.05, 0) is 56.8 Å². The zero-order valence-corrected chi connectivity index (χ0v) is 19.9. The summed E-state index contributed by atoms with van der Waals surface area (Å²) in [6.45, 7) is 4.93. The summed E-state index contributed by atoms with van der Waals surface area (Å²) in [4.78, 5) is 41.2. The molecule has 0 N–H and O–H groups in total. The van der Waals surface area contributed by atoms with E-state index in [0.717, 1.165) is 12.3 Å². The van der Waals surface area contributed by atoms with Crippen molar-refractivity contribution in [1.82, 2.24) is 4.90 Å². The van der Waals surface area contributed by atoms with Crippen LogP contribution in [0.15, 0.2) is 0 Å². The number of nitrogens with zero attached hydrogens (tertiary/aromatic N) is 1. The maximum atomic E-state index is 13.7. The molecule has 186 valence electrons. The van der Waals surface area contributed by atoms with Crippen molar-refractivity contribution in [2.75, 3.05) is 32.8 Å². The molecular weight excluding hydrogens is 438 g/mol. The van der Waals surface area contributed by atoms with Crippen LogP contribution in [0.25, 0.3) is 0 Å². The lowest BCUT2D eigenvalue weighted by Gasteiger charge is -2.41. The van der Waals surface area contributed by atoms with Gasteiger partial charge in [-0.2, -0.15) is 0 Å². The molecule has 0 aromatic heterocycles. The van der Waals surface area contributed by atoms with E-state index in [4.69, 9.17) is 18.9 Å². The fraction of sp³-hybridized carbons (Fsp3) is 0.885. The Kier molecular flexibility index (Phi) is 4.87. The van der Waals surface area contributed by atoms with E-state index in [1.807, 2.05) is 4.90 Å². The van der Waals surface area contributed by atoms with E-state index < -0.39 is 29.6 Å². The van der Waals surface area contributed by atoms with Crippen molar-refractivity contribution in [2.24, 2.45) is 47.3 Å². The van der Waals surface area contributed by atoms with E-state index in [1.54, 1.807) is 0 Å². The maximum absolute atomic E-state index is 13.7. The van der Waals surface area contributed by atoms with E-state index >= 15 is 0 Å². The molecule has 2 saturated heterocycles. The Hall–Kier alpha value is -1.67. The van der Waals surface area contributed by atoms with Crippen LogP contribution in [0.4, 0.5) is 0 Å². The topological polar surface area (TPSA) is 91.4 Å². The largest absolute Gasteiger partial charge is 0.459 e. The average Bonchev–Trinajstić information content (AvgIpc) is 3.60. The van der Waals surface area contributed by atoms with Crippen LogP contribution in [0.2, 0.25) is 0 Å². The highest BCUT2D eigenvalue weighted by Crippen LogP contribution is 2.64. The number of hydrogen-bond acceptors (Lipinski definition) is 8. The number of esters is 3. The molecule has 7 rings (SSSR count). The van der Waals surface area contributed by atoms with Gasteiger partial charge >= 0.3 is 17.9 Å². The monoisotopic (exact) mass is 473 g/mol. The van der Waals surface area contributed by atoms with Gasteiger partial charge in [-0.25, -0.2) is 0 Å².